The fourth-order valence-corrected chi connectivity index (χ4v) is 9.24. The quantitative estimate of drug-likeness (QED) is 0.0274. The second kappa shape index (κ2) is 49.7. The number of carboxylic acid groups (broad SMARTS) is 4. The Bertz CT molecular complexity index is 3110. The molecular weight excluding hydrogens is 1360 g/mol. The number of amides is 13. The number of hydrogen-bond acceptors (Lipinski definition) is 24. The van der Waals surface area contributed by atoms with E-state index in [1.165, 1.54) is 31.4 Å². The minimum Gasteiger partial charge on any atom is -0.480 e. The number of nitrogens with two attached hydrogens (primary N) is 3. The average molecular weight is 1460 g/mol. The maximum Gasteiger partial charge on any atom is 0.317 e. The highest BCUT2D eigenvalue weighted by Crippen LogP contribution is 2.07. The first-order chi connectivity index (χ1) is 48.8. The molecule has 0 aliphatic heterocycles. The molecule has 2 rings (SSSR count). The number of primary amides is 1. The predicted molar refractivity (Wildman–Crippen MR) is 359 cm³/mol. The summed E-state index contributed by atoms with van der Waals surface area (Å²) in [6, 6.07) is -8.81. The van der Waals surface area contributed by atoms with Crippen molar-refractivity contribution in [1.82, 2.24) is 98.4 Å². The second-order valence-corrected chi connectivity index (χ2v) is 23.6. The third-order valence-corrected chi connectivity index (χ3v) is 14.9. The van der Waals surface area contributed by atoms with Crippen LogP contribution < -0.4 is 81.0 Å². The van der Waals surface area contributed by atoms with Crippen LogP contribution in [0.3, 0.4) is 0 Å². The minimum atomic E-state index is -1.75. The van der Waals surface area contributed by atoms with Gasteiger partial charge in [-0.15, -0.1) is 0 Å². The van der Waals surface area contributed by atoms with Gasteiger partial charge < -0.3 is 111 Å². The fourth-order valence-electron chi connectivity index (χ4n) is 9.24. The first-order valence-electron chi connectivity index (χ1n) is 33.0. The molecule has 0 radical (unpaired) electrons. The third-order valence-electron chi connectivity index (χ3n) is 14.9. The summed E-state index contributed by atoms with van der Waals surface area (Å²) < 4.78 is 0. The SMILES string of the molecule is C[C@@H](NC(=O)[C@H](CNC(=O)[C@H](N)CN)NC(=O)CN(CCN(CCN(CC(=O)O)CC(=O)O)CC(=O)O)CC(=O)O)C(=O)N[C@H](CCCCNC(=O)CNC(=O)CCC(=O)NCCc1cnc[nH]1)C(=O)N[C@H](C)C(=O)N[C@H](CCCCNC(=O)CNC(=O)CCC(=O)NCCc1cnc[nH]1)C(N)=O. The number of imidazole rings is 2. The van der Waals surface area contributed by atoms with Crippen molar-refractivity contribution in [3.63, 3.8) is 0 Å². The zero-order valence-corrected chi connectivity index (χ0v) is 57.5. The molecule has 2 aromatic heterocycles. The van der Waals surface area contributed by atoms with Gasteiger partial charge in [0.05, 0.1) is 64.5 Å². The molecule has 2 heterocycles. The molecule has 0 saturated heterocycles. The third kappa shape index (κ3) is 41.5. The molecule has 103 heavy (non-hydrogen) atoms. The topological polar surface area (TPSA) is 661 Å². The Kier molecular flexibility index (Phi) is 42.6. The molecule has 574 valence electrons. The van der Waals surface area contributed by atoms with Crippen LogP contribution in [-0.2, 0) is 94.3 Å². The molecule has 13 amide bonds. The van der Waals surface area contributed by atoms with Gasteiger partial charge >= 0.3 is 23.9 Å². The monoisotopic (exact) mass is 1460 g/mol. The Labute approximate surface area is 591 Å². The van der Waals surface area contributed by atoms with Crippen LogP contribution in [0, 0.1) is 0 Å². The lowest BCUT2D eigenvalue weighted by Gasteiger charge is -2.28. The summed E-state index contributed by atoms with van der Waals surface area (Å²) in [5, 5.41) is 67.6. The maximum atomic E-state index is 14.0. The highest BCUT2D eigenvalue weighted by atomic mass is 16.4. The van der Waals surface area contributed by atoms with Gasteiger partial charge in [-0.3, -0.25) is 96.2 Å². The van der Waals surface area contributed by atoms with Gasteiger partial charge in [0.25, 0.3) is 0 Å². The van der Waals surface area contributed by atoms with E-state index >= 15 is 0 Å². The largest absolute Gasteiger partial charge is 0.480 e. The van der Waals surface area contributed by atoms with Crippen molar-refractivity contribution >= 4 is 101 Å². The molecule has 43 heteroatoms. The molecule has 43 nitrogen and oxygen atoms in total. The summed E-state index contributed by atoms with van der Waals surface area (Å²) in [6.45, 7) is -3.50. The summed E-state index contributed by atoms with van der Waals surface area (Å²) >= 11 is 0. The standard InChI is InChI=1S/C60H98N22O21/c1-36(56(99)78-41(55(63)98)7-3-5-15-66-48(87)27-70-46(85)11-9-44(83)68-17-13-38-24-64-34-73-38)75-59(102)42(8-4-6-16-67-49(88)28-71-47(86)12-10-45(84)69-18-14-39-25-65-35-74-39)79-57(100)37(2)76-60(103)43(26-72-58(101)40(62)23-61)77-50(89)29-81(31-52(92)93)21-19-80(30-51(90)91)20-22-82(32-53(94)95)33-54(96)97/h24-25,34-37,40-43H,3-23,26-33,61-62H2,1-2H3,(H2,63,98)(H,64,73)(H,65,74)(H,66,87)(H,67,88)(H,68,83)(H,69,84)(H,70,85)(H,71,86)(H,72,101)(H,75,102)(H,76,103)(H,77,89)(H,78,99)(H,79,100)(H,90,91)(H,92,93)(H,94,95)(H,96,97)/t36-,37-,40-,41-,42-,43+/m1/s1. The van der Waals surface area contributed by atoms with E-state index in [2.05, 4.69) is 83.7 Å². The summed E-state index contributed by atoms with van der Waals surface area (Å²) in [5.41, 5.74) is 18.5. The van der Waals surface area contributed by atoms with Gasteiger partial charge in [0.2, 0.25) is 76.8 Å². The van der Waals surface area contributed by atoms with Crippen LogP contribution in [0.25, 0.3) is 0 Å². The number of carbonyl (C=O) groups excluding carboxylic acids is 13. The lowest BCUT2D eigenvalue weighted by Crippen LogP contribution is -2.60. The zero-order chi connectivity index (χ0) is 76.8. The summed E-state index contributed by atoms with van der Waals surface area (Å²) in [4.78, 5) is 232. The van der Waals surface area contributed by atoms with E-state index in [0.29, 0.717) is 25.9 Å². The normalized spacial score (nSPS) is 12.7. The molecule has 0 aliphatic rings. The van der Waals surface area contributed by atoms with Crippen molar-refractivity contribution in [1.29, 1.82) is 0 Å². The first kappa shape index (κ1) is 88.3. The Morgan fingerprint density at radius 1 is 0.427 bits per heavy atom. The molecule has 0 aromatic carbocycles. The Hall–Kier alpha value is -10.8. The van der Waals surface area contributed by atoms with Gasteiger partial charge in [-0.25, -0.2) is 9.97 Å². The number of hydrogen-bond donors (Lipinski definition) is 21. The summed E-state index contributed by atoms with van der Waals surface area (Å²) in [6.07, 6.45) is 7.16. The minimum absolute atomic E-state index is 0.0138. The van der Waals surface area contributed by atoms with E-state index in [1.807, 2.05) is 0 Å². The lowest BCUT2D eigenvalue weighted by atomic mass is 10.1. The zero-order valence-electron chi connectivity index (χ0n) is 57.5. The van der Waals surface area contributed by atoms with E-state index in [-0.39, 0.29) is 128 Å². The van der Waals surface area contributed by atoms with Crippen molar-refractivity contribution < 1.29 is 102 Å². The van der Waals surface area contributed by atoms with Gasteiger partial charge in [-0.1, -0.05) is 0 Å². The number of H-pyrrole nitrogens is 2. The highest BCUT2D eigenvalue weighted by molar-refractivity contribution is 5.97. The number of rotatable bonds is 56. The first-order valence-corrected chi connectivity index (χ1v) is 33.0. The molecular formula is C60H98N22O21. The van der Waals surface area contributed by atoms with Crippen molar-refractivity contribution in [3.8, 4) is 0 Å². The Morgan fingerprint density at radius 3 is 1.21 bits per heavy atom. The van der Waals surface area contributed by atoms with Crippen LogP contribution in [-0.4, -0.2) is 303 Å². The number of nitrogens with one attached hydrogen (secondary N) is 14. The molecule has 0 unspecified atom stereocenters. The molecule has 2 aromatic rings. The van der Waals surface area contributed by atoms with E-state index in [1.54, 1.807) is 12.4 Å². The van der Waals surface area contributed by atoms with E-state index < -0.39 is 171 Å². The van der Waals surface area contributed by atoms with Gasteiger partial charge in [-0.05, 0) is 52.4 Å². The van der Waals surface area contributed by atoms with Gasteiger partial charge in [0.1, 0.15) is 30.2 Å². The molecule has 0 fully saturated rings. The van der Waals surface area contributed by atoms with Crippen LogP contribution in [0.1, 0.15) is 89.4 Å². The average Bonchev–Trinajstić information content (AvgIpc) is 1.47. The van der Waals surface area contributed by atoms with Gasteiger partial charge in [0.15, 0.2) is 0 Å². The molecule has 0 spiro atoms. The lowest BCUT2D eigenvalue weighted by molar-refractivity contribution is -0.143. The number of carbonyl (C=O) groups is 17. The number of aliphatic carboxylic acids is 4. The van der Waals surface area contributed by atoms with E-state index in [9.17, 15) is 102 Å². The number of aromatic amines is 2. The number of nitrogens with zero attached hydrogens (tertiary/aromatic N) is 5. The van der Waals surface area contributed by atoms with E-state index in [0.717, 1.165) is 21.2 Å². The summed E-state index contributed by atoms with van der Waals surface area (Å²) in [5.74, 6) is -15.4. The van der Waals surface area contributed by atoms with Crippen molar-refractivity contribution in [2.45, 2.75) is 127 Å². The van der Waals surface area contributed by atoms with E-state index in [4.69, 9.17) is 17.2 Å². The smallest absolute Gasteiger partial charge is 0.317 e. The fraction of sp³-hybridized carbons (Fsp3) is 0.617. The van der Waals surface area contributed by atoms with Crippen molar-refractivity contribution in [3.05, 3.63) is 36.4 Å². The number of carboxylic acids is 4. The van der Waals surface area contributed by atoms with Gasteiger partial charge in [-0.2, -0.15) is 0 Å². The molecule has 0 bridgehead atoms. The van der Waals surface area contributed by atoms with Crippen molar-refractivity contribution in [2.24, 2.45) is 17.2 Å². The number of unbranched alkanes of at least 4 members (excludes halogenated alkanes) is 2. The van der Waals surface area contributed by atoms with Crippen LogP contribution >= 0.6 is 0 Å². The van der Waals surface area contributed by atoms with Crippen LogP contribution in [0.2, 0.25) is 0 Å². The van der Waals surface area contributed by atoms with Crippen LogP contribution in [0.4, 0.5) is 0 Å². The van der Waals surface area contributed by atoms with Crippen LogP contribution in [0.15, 0.2) is 25.0 Å². The predicted octanol–water partition coefficient (Wildman–Crippen LogP) is -9.89. The Balaban J connectivity index is 2.18. The molecule has 0 aliphatic carbocycles. The summed E-state index contributed by atoms with van der Waals surface area (Å²) in [7, 11) is 0. The maximum absolute atomic E-state index is 14.0. The Morgan fingerprint density at radius 2 is 0.806 bits per heavy atom. The van der Waals surface area contributed by atoms with Crippen molar-refractivity contribution in [2.75, 3.05) is 111 Å². The van der Waals surface area contributed by atoms with Gasteiger partial charge in [0, 0.05) is 128 Å². The second-order valence-electron chi connectivity index (χ2n) is 23.6. The molecule has 0 saturated carbocycles. The number of aromatic nitrogens is 4. The molecule has 6 atom stereocenters. The molecule has 24 N–H and O–H groups in total. The van der Waals surface area contributed by atoms with Crippen LogP contribution in [0.5, 0.6) is 0 Å². The highest BCUT2D eigenvalue weighted by Gasteiger charge is 2.31.